The number of imidazole rings is 1. The molecule has 0 aliphatic rings. The first-order valence-corrected chi connectivity index (χ1v) is 8.25. The first-order chi connectivity index (χ1) is 12.0. The molecule has 7 nitrogen and oxygen atoms in total. The van der Waals surface area contributed by atoms with Gasteiger partial charge in [-0.1, -0.05) is 25.1 Å². The molecule has 7 heteroatoms. The van der Waals surface area contributed by atoms with Crippen molar-refractivity contribution < 1.29 is 14.3 Å². The Hall–Kier alpha value is -2.96. The Morgan fingerprint density at radius 1 is 1.24 bits per heavy atom. The highest BCUT2D eigenvalue weighted by Crippen LogP contribution is 2.29. The van der Waals surface area contributed by atoms with E-state index >= 15 is 0 Å². The van der Waals surface area contributed by atoms with Gasteiger partial charge in [0.05, 0.1) is 11.0 Å². The van der Waals surface area contributed by atoms with E-state index in [0.717, 1.165) is 28.7 Å². The van der Waals surface area contributed by atoms with E-state index in [4.69, 9.17) is 5.73 Å². The number of nitrogens with zero attached hydrogens (tertiary/aromatic N) is 3. The SMILES string of the molecule is CCc1nc2c(N)nc3ccccc3c2n1CCCC(=O)OC(C)=O. The van der Waals surface area contributed by atoms with Crippen molar-refractivity contribution >= 4 is 39.7 Å². The largest absolute Gasteiger partial charge is 0.393 e. The van der Waals surface area contributed by atoms with Gasteiger partial charge >= 0.3 is 11.9 Å². The van der Waals surface area contributed by atoms with Crippen molar-refractivity contribution in [1.29, 1.82) is 0 Å². The Morgan fingerprint density at radius 3 is 2.72 bits per heavy atom. The van der Waals surface area contributed by atoms with Gasteiger partial charge in [0.25, 0.3) is 0 Å². The number of ether oxygens (including phenoxy) is 1. The molecule has 0 aliphatic heterocycles. The van der Waals surface area contributed by atoms with E-state index in [1.54, 1.807) is 0 Å². The van der Waals surface area contributed by atoms with Crippen LogP contribution in [0.5, 0.6) is 0 Å². The number of rotatable bonds is 5. The van der Waals surface area contributed by atoms with Crippen LogP contribution in [0.15, 0.2) is 24.3 Å². The van der Waals surface area contributed by atoms with Crippen LogP contribution in [0.3, 0.4) is 0 Å². The topological polar surface area (TPSA) is 100 Å². The standard InChI is InChI=1S/C18H20N4O3/c1-3-14-21-16-17(12-7-4-5-8-13(12)20-18(16)19)22(14)10-6-9-15(24)25-11(2)23/h4-5,7-8H,3,6,9-10H2,1-2H3,(H2,19,20). The van der Waals surface area contributed by atoms with Crippen LogP contribution in [-0.4, -0.2) is 26.5 Å². The van der Waals surface area contributed by atoms with E-state index in [9.17, 15) is 9.59 Å². The zero-order chi connectivity index (χ0) is 18.0. The molecular weight excluding hydrogens is 320 g/mol. The molecule has 0 bridgehead atoms. The van der Waals surface area contributed by atoms with Crippen molar-refractivity contribution in [2.24, 2.45) is 0 Å². The minimum Gasteiger partial charge on any atom is -0.393 e. The number of anilines is 1. The number of esters is 2. The maximum Gasteiger partial charge on any atom is 0.313 e. The van der Waals surface area contributed by atoms with Crippen molar-refractivity contribution in [2.45, 2.75) is 39.7 Å². The number of aromatic nitrogens is 3. The molecular formula is C18H20N4O3. The minimum atomic E-state index is -0.586. The third-order valence-corrected chi connectivity index (χ3v) is 4.03. The minimum absolute atomic E-state index is 0.168. The van der Waals surface area contributed by atoms with Gasteiger partial charge in [-0.05, 0) is 12.5 Å². The molecule has 0 spiro atoms. The van der Waals surface area contributed by atoms with Gasteiger partial charge in [0.15, 0.2) is 5.82 Å². The lowest BCUT2D eigenvalue weighted by Gasteiger charge is -2.10. The first kappa shape index (κ1) is 16.9. The highest BCUT2D eigenvalue weighted by Gasteiger charge is 2.16. The fraction of sp³-hybridized carbons (Fsp3) is 0.333. The van der Waals surface area contributed by atoms with Gasteiger partial charge < -0.3 is 15.0 Å². The molecule has 3 rings (SSSR count). The number of nitrogens with two attached hydrogens (primary N) is 1. The number of carbonyl (C=O) groups excluding carboxylic acids is 2. The lowest BCUT2D eigenvalue weighted by Crippen LogP contribution is -2.11. The Morgan fingerprint density at radius 2 is 2.00 bits per heavy atom. The van der Waals surface area contributed by atoms with Crippen molar-refractivity contribution in [3.8, 4) is 0 Å². The van der Waals surface area contributed by atoms with Gasteiger partial charge in [-0.2, -0.15) is 0 Å². The zero-order valence-corrected chi connectivity index (χ0v) is 14.3. The summed E-state index contributed by atoms with van der Waals surface area (Å²) >= 11 is 0. The molecule has 0 atom stereocenters. The van der Waals surface area contributed by atoms with Crippen molar-refractivity contribution in [1.82, 2.24) is 14.5 Å². The van der Waals surface area contributed by atoms with E-state index in [2.05, 4.69) is 19.3 Å². The molecule has 0 aliphatic carbocycles. The van der Waals surface area contributed by atoms with Crippen LogP contribution in [0.1, 0.15) is 32.5 Å². The lowest BCUT2D eigenvalue weighted by atomic mass is 10.2. The van der Waals surface area contributed by atoms with Gasteiger partial charge in [-0.3, -0.25) is 9.59 Å². The molecule has 0 saturated carbocycles. The van der Waals surface area contributed by atoms with E-state index in [1.165, 1.54) is 6.92 Å². The highest BCUT2D eigenvalue weighted by molar-refractivity contribution is 6.06. The molecule has 2 N–H and O–H groups in total. The summed E-state index contributed by atoms with van der Waals surface area (Å²) in [5.41, 5.74) is 8.52. The molecule has 0 saturated heterocycles. The average molecular weight is 340 g/mol. The van der Waals surface area contributed by atoms with Gasteiger partial charge in [-0.25, -0.2) is 9.97 Å². The van der Waals surface area contributed by atoms with Crippen LogP contribution >= 0.6 is 0 Å². The lowest BCUT2D eigenvalue weighted by molar-refractivity contribution is -0.158. The molecule has 2 heterocycles. The second kappa shape index (κ2) is 6.88. The third-order valence-electron chi connectivity index (χ3n) is 4.03. The number of para-hydroxylation sites is 1. The number of benzene rings is 1. The predicted octanol–water partition coefficient (Wildman–Crippen LogP) is 2.60. The van der Waals surface area contributed by atoms with Gasteiger partial charge in [0.2, 0.25) is 0 Å². The van der Waals surface area contributed by atoms with Gasteiger partial charge in [0, 0.05) is 31.7 Å². The van der Waals surface area contributed by atoms with Crippen LogP contribution in [0.2, 0.25) is 0 Å². The number of aryl methyl sites for hydroxylation is 2. The Bertz CT molecular complexity index is 962. The summed E-state index contributed by atoms with van der Waals surface area (Å²) in [5, 5.41) is 0.977. The number of fused-ring (bicyclic) bond motifs is 3. The number of nitrogen functional groups attached to an aromatic ring is 1. The Labute approximate surface area is 144 Å². The molecule has 0 fully saturated rings. The maximum absolute atomic E-state index is 11.6. The van der Waals surface area contributed by atoms with Gasteiger partial charge in [0.1, 0.15) is 11.3 Å². The number of hydrogen-bond donors (Lipinski definition) is 1. The second-order valence-electron chi connectivity index (χ2n) is 5.81. The molecule has 1 aromatic carbocycles. The van der Waals surface area contributed by atoms with Gasteiger partial charge in [-0.15, -0.1) is 0 Å². The fourth-order valence-corrected chi connectivity index (χ4v) is 3.01. The van der Waals surface area contributed by atoms with Crippen molar-refractivity contribution in [3.63, 3.8) is 0 Å². The number of hydrogen-bond acceptors (Lipinski definition) is 6. The van der Waals surface area contributed by atoms with Crippen LogP contribution in [0, 0.1) is 0 Å². The molecule has 2 aromatic heterocycles. The van der Waals surface area contributed by atoms with E-state index < -0.39 is 11.9 Å². The molecule has 25 heavy (non-hydrogen) atoms. The summed E-state index contributed by atoms with van der Waals surface area (Å²) in [6.45, 7) is 3.83. The fourth-order valence-electron chi connectivity index (χ4n) is 3.01. The van der Waals surface area contributed by atoms with E-state index in [0.29, 0.717) is 24.3 Å². The van der Waals surface area contributed by atoms with Crippen molar-refractivity contribution in [3.05, 3.63) is 30.1 Å². The Balaban J connectivity index is 1.98. The van der Waals surface area contributed by atoms with E-state index in [1.807, 2.05) is 31.2 Å². The smallest absolute Gasteiger partial charge is 0.313 e. The van der Waals surface area contributed by atoms with Crippen LogP contribution < -0.4 is 5.73 Å². The van der Waals surface area contributed by atoms with Crippen LogP contribution in [0.4, 0.5) is 5.82 Å². The maximum atomic E-state index is 11.6. The Kier molecular flexibility index (Phi) is 4.65. The summed E-state index contributed by atoms with van der Waals surface area (Å²) in [4.78, 5) is 31.5. The third kappa shape index (κ3) is 3.31. The molecule has 3 aromatic rings. The highest BCUT2D eigenvalue weighted by atomic mass is 16.6. The average Bonchev–Trinajstić information content (AvgIpc) is 2.94. The summed E-state index contributed by atoms with van der Waals surface area (Å²) in [6.07, 6.45) is 1.45. The van der Waals surface area contributed by atoms with Crippen LogP contribution in [0.25, 0.3) is 21.9 Å². The molecule has 0 unspecified atom stereocenters. The molecule has 130 valence electrons. The van der Waals surface area contributed by atoms with Crippen LogP contribution in [-0.2, 0) is 27.3 Å². The number of carbonyl (C=O) groups is 2. The summed E-state index contributed by atoms with van der Waals surface area (Å²) in [6, 6.07) is 7.77. The van der Waals surface area contributed by atoms with E-state index in [-0.39, 0.29) is 6.42 Å². The summed E-state index contributed by atoms with van der Waals surface area (Å²) in [7, 11) is 0. The predicted molar refractivity (Wildman–Crippen MR) is 94.8 cm³/mol. The molecule has 0 amide bonds. The first-order valence-electron chi connectivity index (χ1n) is 8.25. The number of pyridine rings is 1. The monoisotopic (exact) mass is 340 g/mol. The summed E-state index contributed by atoms with van der Waals surface area (Å²) < 4.78 is 6.65. The summed E-state index contributed by atoms with van der Waals surface area (Å²) in [5.74, 6) is 0.191. The van der Waals surface area contributed by atoms with Crippen molar-refractivity contribution in [2.75, 3.05) is 5.73 Å². The zero-order valence-electron chi connectivity index (χ0n) is 14.3. The normalized spacial score (nSPS) is 11.1. The quantitative estimate of drug-likeness (QED) is 0.566. The molecule has 0 radical (unpaired) electrons. The second-order valence-corrected chi connectivity index (χ2v) is 5.81.